The van der Waals surface area contributed by atoms with Crippen LogP contribution in [0.3, 0.4) is 0 Å². The Labute approximate surface area is 123 Å². The molecule has 0 saturated heterocycles. The van der Waals surface area contributed by atoms with E-state index in [4.69, 9.17) is 4.74 Å². The smallest absolute Gasteiger partial charge is 0.312 e. The largest absolute Gasteiger partial charge is 0.453 e. The van der Waals surface area contributed by atoms with Crippen LogP contribution < -0.4 is 0 Å². The van der Waals surface area contributed by atoms with Gasteiger partial charge in [-0.3, -0.25) is 4.79 Å². The Balaban J connectivity index is 1.83. The lowest BCUT2D eigenvalue weighted by molar-refractivity contribution is -0.207. The molecular formula is C18H29O2+. The summed E-state index contributed by atoms with van der Waals surface area (Å²) in [7, 11) is 0. The Morgan fingerprint density at radius 3 is 2.55 bits per heavy atom. The third-order valence-corrected chi connectivity index (χ3v) is 6.52. The van der Waals surface area contributed by atoms with E-state index in [1.165, 1.54) is 25.7 Å². The molecule has 2 heteroatoms. The van der Waals surface area contributed by atoms with Gasteiger partial charge in [0.05, 0.1) is 17.8 Å². The van der Waals surface area contributed by atoms with Crippen molar-refractivity contribution in [3.05, 3.63) is 6.42 Å². The summed E-state index contributed by atoms with van der Waals surface area (Å²) in [6.07, 6.45) is 9.53. The molecule has 0 aliphatic heterocycles. The topological polar surface area (TPSA) is 26.3 Å². The summed E-state index contributed by atoms with van der Waals surface area (Å²) in [6, 6.07) is 0. The van der Waals surface area contributed by atoms with Gasteiger partial charge >= 0.3 is 5.97 Å². The van der Waals surface area contributed by atoms with E-state index in [0.717, 1.165) is 24.7 Å². The summed E-state index contributed by atoms with van der Waals surface area (Å²) in [5.41, 5.74) is -0.534. The second kappa shape index (κ2) is 4.68. The molecule has 5 unspecified atom stereocenters. The molecule has 112 valence electrons. The molecule has 4 fully saturated rings. The lowest BCUT2D eigenvalue weighted by Gasteiger charge is -2.55. The minimum Gasteiger partial charge on any atom is -0.453 e. The normalized spacial score (nSPS) is 42.4. The first-order valence-electron chi connectivity index (χ1n) is 8.49. The van der Waals surface area contributed by atoms with Crippen LogP contribution in [0.5, 0.6) is 0 Å². The molecule has 0 radical (unpaired) electrons. The third kappa shape index (κ3) is 1.98. The van der Waals surface area contributed by atoms with Gasteiger partial charge in [-0.1, -0.05) is 13.8 Å². The van der Waals surface area contributed by atoms with Crippen LogP contribution in [-0.4, -0.2) is 11.6 Å². The molecule has 0 aromatic heterocycles. The van der Waals surface area contributed by atoms with Gasteiger partial charge in [0.2, 0.25) is 0 Å². The van der Waals surface area contributed by atoms with Crippen molar-refractivity contribution in [2.24, 2.45) is 29.1 Å². The molecule has 20 heavy (non-hydrogen) atoms. The molecule has 2 nitrogen and oxygen atoms in total. The number of hydrogen-bond donors (Lipinski definition) is 0. The molecule has 4 saturated carbocycles. The highest BCUT2D eigenvalue weighted by Crippen LogP contribution is 2.60. The van der Waals surface area contributed by atoms with Gasteiger partial charge in [0.1, 0.15) is 5.92 Å². The molecular weight excluding hydrogens is 248 g/mol. The number of hydrogen-bond acceptors (Lipinski definition) is 2. The molecule has 0 aromatic carbocycles. The van der Waals surface area contributed by atoms with E-state index in [1.54, 1.807) is 0 Å². The fourth-order valence-corrected chi connectivity index (χ4v) is 4.90. The van der Waals surface area contributed by atoms with E-state index in [1.807, 2.05) is 13.8 Å². The van der Waals surface area contributed by atoms with E-state index < -0.39 is 0 Å². The standard InChI is InChI=1S/C18H29O2/c1-5-17(3,4)16(19)20-18(6-2)14-8-12-7-13(10-14)11-15(18)9-12/h8,12-15H,5-7,9-11H2,1-4H3/q+1. The summed E-state index contributed by atoms with van der Waals surface area (Å²) in [6.45, 7) is 8.31. The average Bonchev–Trinajstić information content (AvgIpc) is 2.42. The maximum Gasteiger partial charge on any atom is 0.312 e. The zero-order valence-electron chi connectivity index (χ0n) is 13.4. The number of rotatable bonds is 4. The highest BCUT2D eigenvalue weighted by molar-refractivity contribution is 5.76. The lowest BCUT2D eigenvalue weighted by Crippen LogP contribution is -2.60. The van der Waals surface area contributed by atoms with Gasteiger partial charge in [0, 0.05) is 5.92 Å². The lowest BCUT2D eigenvalue weighted by atomic mass is 9.49. The van der Waals surface area contributed by atoms with Crippen LogP contribution in [0.4, 0.5) is 0 Å². The Morgan fingerprint density at radius 2 is 2.00 bits per heavy atom. The number of carbonyl (C=O) groups is 1. The third-order valence-electron chi connectivity index (χ3n) is 6.52. The van der Waals surface area contributed by atoms with E-state index in [2.05, 4.69) is 20.3 Å². The predicted molar refractivity (Wildman–Crippen MR) is 79.9 cm³/mol. The van der Waals surface area contributed by atoms with Crippen LogP contribution >= 0.6 is 0 Å². The Bertz CT molecular complexity index is 368. The maximum atomic E-state index is 12.6. The van der Waals surface area contributed by atoms with Crippen molar-refractivity contribution in [2.75, 3.05) is 0 Å². The van der Waals surface area contributed by atoms with E-state index in [0.29, 0.717) is 11.8 Å². The minimum absolute atomic E-state index is 0.0164. The van der Waals surface area contributed by atoms with Crippen LogP contribution in [0.15, 0.2) is 0 Å². The minimum atomic E-state index is -0.350. The van der Waals surface area contributed by atoms with Crippen LogP contribution in [0.25, 0.3) is 0 Å². The fraction of sp³-hybridized carbons (Fsp3) is 0.889. The number of esters is 1. The van der Waals surface area contributed by atoms with Gasteiger partial charge in [-0.15, -0.1) is 0 Å². The van der Waals surface area contributed by atoms with Gasteiger partial charge in [0.15, 0.2) is 5.60 Å². The van der Waals surface area contributed by atoms with Gasteiger partial charge in [-0.25, -0.2) is 0 Å². The second-order valence-electron chi connectivity index (χ2n) is 8.00. The van der Waals surface area contributed by atoms with Gasteiger partial charge in [-0.05, 0) is 58.3 Å². The van der Waals surface area contributed by atoms with E-state index in [9.17, 15) is 4.79 Å². The van der Waals surface area contributed by atoms with Gasteiger partial charge < -0.3 is 4.74 Å². The van der Waals surface area contributed by atoms with Crippen LogP contribution in [-0.2, 0) is 9.53 Å². The van der Waals surface area contributed by atoms with Crippen LogP contribution in [0.2, 0.25) is 0 Å². The number of carbonyl (C=O) groups excluding carboxylic acids is 1. The highest BCUT2D eigenvalue weighted by atomic mass is 16.6. The molecule has 0 N–H and O–H groups in total. The molecule has 0 amide bonds. The molecule has 4 bridgehead atoms. The molecule has 4 aliphatic rings. The van der Waals surface area contributed by atoms with Crippen molar-refractivity contribution in [2.45, 2.75) is 71.8 Å². The highest BCUT2D eigenvalue weighted by Gasteiger charge is 2.64. The Morgan fingerprint density at radius 1 is 1.25 bits per heavy atom. The Hall–Kier alpha value is -0.660. The van der Waals surface area contributed by atoms with Crippen LogP contribution in [0.1, 0.15) is 66.2 Å². The van der Waals surface area contributed by atoms with Gasteiger partial charge in [-0.2, -0.15) is 0 Å². The maximum absolute atomic E-state index is 12.6. The SMILES string of the molecule is CCC(C)(C)C(=O)OC1(CC)C2[CH+]C3CC(C2)CC1C3. The molecule has 4 rings (SSSR count). The summed E-state index contributed by atoms with van der Waals surface area (Å²) >= 11 is 0. The molecule has 0 heterocycles. The number of ether oxygens (including phenoxy) is 1. The van der Waals surface area contributed by atoms with Crippen molar-refractivity contribution in [1.29, 1.82) is 0 Å². The van der Waals surface area contributed by atoms with E-state index in [-0.39, 0.29) is 17.0 Å². The molecule has 5 atom stereocenters. The summed E-state index contributed by atoms with van der Waals surface area (Å²) in [5.74, 6) is 2.83. The van der Waals surface area contributed by atoms with Crippen molar-refractivity contribution < 1.29 is 9.53 Å². The second-order valence-corrected chi connectivity index (χ2v) is 8.00. The molecule has 0 spiro atoms. The zero-order chi connectivity index (χ0) is 14.5. The quantitative estimate of drug-likeness (QED) is 0.563. The predicted octanol–water partition coefficient (Wildman–Crippen LogP) is 4.38. The van der Waals surface area contributed by atoms with Crippen molar-refractivity contribution >= 4 is 5.97 Å². The first-order chi connectivity index (χ1) is 9.41. The first-order valence-corrected chi connectivity index (χ1v) is 8.49. The van der Waals surface area contributed by atoms with E-state index >= 15 is 0 Å². The Kier molecular flexibility index (Phi) is 3.34. The fourth-order valence-electron chi connectivity index (χ4n) is 4.90. The first kappa shape index (κ1) is 14.3. The van der Waals surface area contributed by atoms with Crippen molar-refractivity contribution in [1.82, 2.24) is 0 Å². The van der Waals surface area contributed by atoms with Gasteiger partial charge in [0.25, 0.3) is 0 Å². The molecule has 4 aliphatic carbocycles. The monoisotopic (exact) mass is 277 g/mol. The average molecular weight is 277 g/mol. The zero-order valence-corrected chi connectivity index (χ0v) is 13.4. The molecule has 0 aromatic rings. The summed E-state index contributed by atoms with van der Waals surface area (Å²) in [4.78, 5) is 12.6. The summed E-state index contributed by atoms with van der Waals surface area (Å²) < 4.78 is 6.25. The van der Waals surface area contributed by atoms with Crippen molar-refractivity contribution in [3.8, 4) is 0 Å². The van der Waals surface area contributed by atoms with Crippen LogP contribution in [0, 0.1) is 35.5 Å². The van der Waals surface area contributed by atoms with Crippen molar-refractivity contribution in [3.63, 3.8) is 0 Å². The summed E-state index contributed by atoms with van der Waals surface area (Å²) in [5, 5.41) is 0.